The third kappa shape index (κ3) is 2.37. The van der Waals surface area contributed by atoms with E-state index in [-0.39, 0.29) is 0 Å². The topological polar surface area (TPSA) is 26.3 Å². The van der Waals surface area contributed by atoms with Gasteiger partial charge in [0, 0.05) is 45.4 Å². The number of nitrogens with zero attached hydrogens (tertiary/aromatic N) is 4. The zero-order chi connectivity index (χ0) is 30.9. The highest BCUT2D eigenvalue weighted by molar-refractivity contribution is 6.24. The van der Waals surface area contributed by atoms with Crippen molar-refractivity contribution in [1.29, 1.82) is 0 Å². The van der Waals surface area contributed by atoms with E-state index in [4.69, 9.17) is 4.74 Å². The normalized spacial score (nSPS) is 16.6. The van der Waals surface area contributed by atoms with Gasteiger partial charge in [0.1, 0.15) is 22.5 Å². The van der Waals surface area contributed by atoms with Crippen LogP contribution in [0, 0.1) is 0 Å². The lowest BCUT2D eigenvalue weighted by molar-refractivity contribution is -0.975. The van der Waals surface area contributed by atoms with E-state index < -0.39 is 5.66 Å². The van der Waals surface area contributed by atoms with Crippen molar-refractivity contribution >= 4 is 59.9 Å². The van der Waals surface area contributed by atoms with Gasteiger partial charge in [0.2, 0.25) is 11.2 Å². The summed E-state index contributed by atoms with van der Waals surface area (Å²) in [7, 11) is 0. The molecule has 1 unspecified atom stereocenters. The van der Waals surface area contributed by atoms with E-state index >= 15 is 0 Å². The van der Waals surface area contributed by atoms with Crippen LogP contribution in [0.2, 0.25) is 0 Å². The van der Waals surface area contributed by atoms with Crippen LogP contribution >= 0.6 is 0 Å². The number of fused-ring (bicyclic) bond motifs is 11. The molecule has 0 saturated carbocycles. The molecule has 0 amide bonds. The molecular formula is C43H24N4O+2. The molecule has 4 aromatic heterocycles. The number of aromatic nitrogens is 4. The van der Waals surface area contributed by atoms with Gasteiger partial charge in [-0.05, 0) is 76.8 Å². The second-order valence-electron chi connectivity index (χ2n) is 13.3. The van der Waals surface area contributed by atoms with Gasteiger partial charge in [-0.2, -0.15) is 0 Å². The fourth-order valence-corrected chi connectivity index (χ4v) is 9.62. The molecular weight excluding hydrogens is 589 g/mol. The summed E-state index contributed by atoms with van der Waals surface area (Å²) in [5, 5.41) is 7.49. The summed E-state index contributed by atoms with van der Waals surface area (Å²) in [6, 6.07) is 50.9. The fourth-order valence-electron chi connectivity index (χ4n) is 9.62. The van der Waals surface area contributed by atoms with E-state index in [0.29, 0.717) is 0 Å². The van der Waals surface area contributed by atoms with Crippen molar-refractivity contribution in [2.75, 3.05) is 0 Å². The van der Waals surface area contributed by atoms with Crippen molar-refractivity contribution < 1.29 is 14.0 Å². The largest absolute Gasteiger partial charge is 0.455 e. The van der Waals surface area contributed by atoms with E-state index in [1.807, 2.05) is 0 Å². The summed E-state index contributed by atoms with van der Waals surface area (Å²) in [5.41, 5.74) is 11.4. The molecule has 48 heavy (non-hydrogen) atoms. The summed E-state index contributed by atoms with van der Waals surface area (Å²) in [4.78, 5) is 0. The van der Waals surface area contributed by atoms with Crippen molar-refractivity contribution in [2.24, 2.45) is 0 Å². The number of para-hydroxylation sites is 3. The van der Waals surface area contributed by atoms with Gasteiger partial charge in [0.05, 0.1) is 22.0 Å². The van der Waals surface area contributed by atoms with E-state index in [1.54, 1.807) is 0 Å². The summed E-state index contributed by atoms with van der Waals surface area (Å²) >= 11 is 0. The second kappa shape index (κ2) is 7.73. The summed E-state index contributed by atoms with van der Waals surface area (Å²) in [5.74, 6) is 1.83. The highest BCUT2D eigenvalue weighted by Crippen LogP contribution is 2.57. The molecule has 0 saturated heterocycles. The zero-order valence-electron chi connectivity index (χ0n) is 25.6. The molecule has 0 aliphatic carbocycles. The summed E-state index contributed by atoms with van der Waals surface area (Å²) in [6.45, 7) is 0. The molecule has 0 fully saturated rings. The fraction of sp³-hybridized carbons (Fsp3) is 0.0233. The quantitative estimate of drug-likeness (QED) is 0.134. The van der Waals surface area contributed by atoms with Gasteiger partial charge in [-0.15, -0.1) is 9.08 Å². The highest BCUT2D eigenvalue weighted by Gasteiger charge is 2.72. The van der Waals surface area contributed by atoms with Crippen LogP contribution in [0.1, 0.15) is 11.1 Å². The standard InChI is InChI=1S/C43H24N4O/c1-2-11-25(12-3-1)45-34-17-6-4-13-26(34)31-23-30-27-20-21-38-40-42(27)46-41(32(30)24-36(31)45)29-14-5-7-18-35(29)47(46)43(40)39-28(15-10-19-37(39)48-38)33-16-8-9-22-44(33)43/h1-24H/q+2. The second-order valence-corrected chi connectivity index (χ2v) is 13.3. The van der Waals surface area contributed by atoms with Crippen LogP contribution < -0.4 is 14.0 Å². The van der Waals surface area contributed by atoms with Crippen LogP contribution in [-0.4, -0.2) is 9.08 Å². The van der Waals surface area contributed by atoms with Crippen LogP contribution in [0.4, 0.5) is 0 Å². The first-order valence-electron chi connectivity index (χ1n) is 16.5. The maximum atomic E-state index is 6.84. The maximum absolute atomic E-state index is 6.84. The Morgan fingerprint density at radius 2 is 1.33 bits per heavy atom. The lowest BCUT2D eigenvalue weighted by Gasteiger charge is -2.24. The molecule has 220 valence electrons. The van der Waals surface area contributed by atoms with Gasteiger partial charge >= 0.3 is 5.66 Å². The Kier molecular flexibility index (Phi) is 3.84. The number of benzene rings is 6. The number of hydrogen-bond donors (Lipinski definition) is 0. The van der Waals surface area contributed by atoms with E-state index in [9.17, 15) is 0 Å². The van der Waals surface area contributed by atoms with Gasteiger partial charge in [0.15, 0.2) is 17.3 Å². The molecule has 10 aromatic rings. The summed E-state index contributed by atoms with van der Waals surface area (Å²) < 4.78 is 16.8. The Balaban J connectivity index is 1.32. The molecule has 3 aliphatic rings. The molecule has 3 aliphatic heterocycles. The van der Waals surface area contributed by atoms with E-state index in [0.717, 1.165) is 17.2 Å². The Hall–Kier alpha value is -6.46. The Bertz CT molecular complexity index is 3150. The minimum Gasteiger partial charge on any atom is -0.455 e. The third-order valence-electron chi connectivity index (χ3n) is 11.3. The number of rotatable bonds is 1. The van der Waals surface area contributed by atoms with Crippen LogP contribution in [0.3, 0.4) is 0 Å². The smallest absolute Gasteiger partial charge is 0.447 e. The Morgan fingerprint density at radius 1 is 0.521 bits per heavy atom. The molecule has 6 aromatic carbocycles. The van der Waals surface area contributed by atoms with Crippen LogP contribution in [-0.2, 0) is 5.66 Å². The number of hydrogen-bond acceptors (Lipinski definition) is 1. The molecule has 5 nitrogen and oxygen atoms in total. The molecule has 0 N–H and O–H groups in total. The first-order valence-corrected chi connectivity index (χ1v) is 16.5. The molecule has 1 atom stereocenters. The average Bonchev–Trinajstić information content (AvgIpc) is 3.85. The summed E-state index contributed by atoms with van der Waals surface area (Å²) in [6.07, 6.45) is 2.25. The van der Waals surface area contributed by atoms with Crippen molar-refractivity contribution in [1.82, 2.24) is 9.08 Å². The van der Waals surface area contributed by atoms with Crippen LogP contribution in [0.15, 0.2) is 146 Å². The SMILES string of the molecule is c1ccc(-n2c3ccccc3c3cc4c5ccc6c7c5n5c(c4cc32)c2ccccc2[n+]5C72c3c(cccc3-c3cccc[n+]32)O6)cc1. The average molecular weight is 613 g/mol. The monoisotopic (exact) mass is 612 g/mol. The predicted octanol–water partition coefficient (Wildman–Crippen LogP) is 8.77. The molecule has 13 rings (SSSR count). The van der Waals surface area contributed by atoms with Crippen LogP contribution in [0.5, 0.6) is 11.5 Å². The molecule has 7 heterocycles. The molecule has 5 heteroatoms. The Labute approximate surface area is 273 Å². The van der Waals surface area contributed by atoms with Crippen molar-refractivity contribution in [3.8, 4) is 28.4 Å². The highest BCUT2D eigenvalue weighted by atomic mass is 16.5. The third-order valence-corrected chi connectivity index (χ3v) is 11.3. The zero-order valence-corrected chi connectivity index (χ0v) is 25.6. The van der Waals surface area contributed by atoms with Gasteiger partial charge in [-0.3, -0.25) is 0 Å². The lowest BCUT2D eigenvalue weighted by atomic mass is 9.85. The first-order chi connectivity index (χ1) is 23.8. The van der Waals surface area contributed by atoms with Crippen molar-refractivity contribution in [2.45, 2.75) is 5.66 Å². The van der Waals surface area contributed by atoms with Gasteiger partial charge in [0.25, 0.3) is 0 Å². The maximum Gasteiger partial charge on any atom is 0.447 e. The van der Waals surface area contributed by atoms with Crippen molar-refractivity contribution in [3.05, 3.63) is 157 Å². The van der Waals surface area contributed by atoms with E-state index in [2.05, 4.69) is 164 Å². The van der Waals surface area contributed by atoms with Gasteiger partial charge in [-0.1, -0.05) is 54.6 Å². The minimum absolute atomic E-state index is 0.632. The van der Waals surface area contributed by atoms with Gasteiger partial charge < -0.3 is 9.30 Å². The lowest BCUT2D eigenvalue weighted by Crippen LogP contribution is -2.73. The number of pyridine rings is 2. The van der Waals surface area contributed by atoms with Crippen molar-refractivity contribution in [3.63, 3.8) is 0 Å². The van der Waals surface area contributed by atoms with Crippen LogP contribution in [0.25, 0.3) is 76.8 Å². The van der Waals surface area contributed by atoms with Gasteiger partial charge in [-0.25, -0.2) is 0 Å². The molecule has 0 bridgehead atoms. The van der Waals surface area contributed by atoms with E-state index in [1.165, 1.54) is 82.3 Å². The molecule has 0 radical (unpaired) electrons. The first kappa shape index (κ1) is 23.8. The Morgan fingerprint density at radius 3 is 2.27 bits per heavy atom. The minimum atomic E-state index is -0.632. The predicted molar refractivity (Wildman–Crippen MR) is 188 cm³/mol. The number of ether oxygens (including phenoxy) is 1. The molecule has 1 spiro atoms.